The van der Waals surface area contributed by atoms with Crippen molar-refractivity contribution in [3.8, 4) is 22.5 Å². The van der Waals surface area contributed by atoms with Gasteiger partial charge in [0.25, 0.3) is 0 Å². The summed E-state index contributed by atoms with van der Waals surface area (Å²) < 4.78 is 0. The second kappa shape index (κ2) is 7.09. The van der Waals surface area contributed by atoms with E-state index in [-0.39, 0.29) is 6.61 Å². The maximum atomic E-state index is 9.77. The van der Waals surface area contributed by atoms with Crippen LogP contribution in [0.2, 0.25) is 5.02 Å². The molecule has 0 unspecified atom stereocenters. The first-order valence-electron chi connectivity index (χ1n) is 7.66. The van der Waals surface area contributed by atoms with Gasteiger partial charge in [-0.2, -0.15) is 0 Å². The lowest BCUT2D eigenvalue weighted by Crippen LogP contribution is -2.04. The second-order valence-corrected chi connectivity index (χ2v) is 5.96. The zero-order valence-corrected chi connectivity index (χ0v) is 14.1. The van der Waals surface area contributed by atoms with Crippen molar-refractivity contribution in [2.75, 3.05) is 0 Å². The SMILES string of the molecule is Cc1nc(-c2cccc(CN)c2)c(CO)nc1-c1cccc(Cl)c1. The van der Waals surface area contributed by atoms with Crippen LogP contribution in [-0.2, 0) is 13.2 Å². The summed E-state index contributed by atoms with van der Waals surface area (Å²) in [4.78, 5) is 9.32. The summed E-state index contributed by atoms with van der Waals surface area (Å²) in [6.07, 6.45) is 0. The molecule has 0 radical (unpaired) electrons. The Morgan fingerprint density at radius 1 is 1.00 bits per heavy atom. The van der Waals surface area contributed by atoms with E-state index in [0.717, 1.165) is 28.1 Å². The number of aryl methyl sites for hydroxylation is 1. The molecule has 122 valence electrons. The lowest BCUT2D eigenvalue weighted by Gasteiger charge is -2.12. The van der Waals surface area contributed by atoms with Gasteiger partial charge in [-0.05, 0) is 30.7 Å². The Balaban J connectivity index is 2.14. The molecule has 0 spiro atoms. The molecule has 2 aromatic carbocycles. The molecule has 0 aliphatic carbocycles. The Kier molecular flexibility index (Phi) is 4.90. The third kappa shape index (κ3) is 3.31. The summed E-state index contributed by atoms with van der Waals surface area (Å²) in [5, 5.41) is 10.4. The van der Waals surface area contributed by atoms with E-state index >= 15 is 0 Å². The van der Waals surface area contributed by atoms with Crippen LogP contribution >= 0.6 is 11.6 Å². The van der Waals surface area contributed by atoms with E-state index in [1.54, 1.807) is 0 Å². The lowest BCUT2D eigenvalue weighted by atomic mass is 10.0. The van der Waals surface area contributed by atoms with Gasteiger partial charge in [0.2, 0.25) is 0 Å². The lowest BCUT2D eigenvalue weighted by molar-refractivity contribution is 0.277. The van der Waals surface area contributed by atoms with Crippen molar-refractivity contribution in [3.05, 3.63) is 70.5 Å². The summed E-state index contributed by atoms with van der Waals surface area (Å²) in [6, 6.07) is 15.3. The molecule has 0 amide bonds. The van der Waals surface area contributed by atoms with Gasteiger partial charge in [-0.15, -0.1) is 0 Å². The summed E-state index contributed by atoms with van der Waals surface area (Å²) in [6.45, 7) is 2.17. The predicted molar refractivity (Wildman–Crippen MR) is 96.5 cm³/mol. The molecular formula is C19H18ClN3O. The van der Waals surface area contributed by atoms with E-state index in [0.29, 0.717) is 23.0 Å². The van der Waals surface area contributed by atoms with E-state index in [9.17, 15) is 5.11 Å². The van der Waals surface area contributed by atoms with Crippen LogP contribution in [0, 0.1) is 6.92 Å². The molecule has 0 bridgehead atoms. The van der Waals surface area contributed by atoms with Crippen molar-refractivity contribution in [1.82, 2.24) is 9.97 Å². The first-order chi connectivity index (χ1) is 11.6. The van der Waals surface area contributed by atoms with Gasteiger partial charge in [-0.1, -0.05) is 41.9 Å². The third-order valence-corrected chi connectivity index (χ3v) is 4.06. The standard InChI is InChI=1S/C19H18ClN3O/c1-12-18(15-6-3-7-16(20)9-15)23-17(11-24)19(22-12)14-5-2-4-13(8-14)10-21/h2-9,24H,10-11,21H2,1H3. The van der Waals surface area contributed by atoms with E-state index in [4.69, 9.17) is 17.3 Å². The molecule has 0 aliphatic rings. The van der Waals surface area contributed by atoms with Gasteiger partial charge in [-0.25, -0.2) is 9.97 Å². The fraction of sp³-hybridized carbons (Fsp3) is 0.158. The number of nitrogens with two attached hydrogens (primary N) is 1. The zero-order valence-electron chi connectivity index (χ0n) is 13.3. The van der Waals surface area contributed by atoms with Crippen LogP contribution in [0.15, 0.2) is 48.5 Å². The van der Waals surface area contributed by atoms with Gasteiger partial charge in [-0.3, -0.25) is 0 Å². The summed E-state index contributed by atoms with van der Waals surface area (Å²) in [5.41, 5.74) is 11.2. The highest BCUT2D eigenvalue weighted by atomic mass is 35.5. The summed E-state index contributed by atoms with van der Waals surface area (Å²) >= 11 is 6.07. The smallest absolute Gasteiger partial charge is 0.0945 e. The van der Waals surface area contributed by atoms with Gasteiger partial charge >= 0.3 is 0 Å². The predicted octanol–water partition coefficient (Wildman–Crippen LogP) is 3.72. The highest BCUT2D eigenvalue weighted by Gasteiger charge is 2.14. The molecule has 0 saturated heterocycles. The van der Waals surface area contributed by atoms with Crippen LogP contribution in [0.1, 0.15) is 17.0 Å². The van der Waals surface area contributed by atoms with Crippen molar-refractivity contribution in [3.63, 3.8) is 0 Å². The molecule has 4 nitrogen and oxygen atoms in total. The van der Waals surface area contributed by atoms with E-state index in [2.05, 4.69) is 9.97 Å². The Labute approximate surface area is 146 Å². The minimum absolute atomic E-state index is 0.191. The molecule has 3 aromatic rings. The molecule has 3 N–H and O–H groups in total. The van der Waals surface area contributed by atoms with Crippen LogP contribution in [0.5, 0.6) is 0 Å². The van der Waals surface area contributed by atoms with Crippen molar-refractivity contribution < 1.29 is 5.11 Å². The van der Waals surface area contributed by atoms with Gasteiger partial charge in [0, 0.05) is 22.7 Å². The highest BCUT2D eigenvalue weighted by molar-refractivity contribution is 6.30. The van der Waals surface area contributed by atoms with Crippen molar-refractivity contribution >= 4 is 11.6 Å². The summed E-state index contributed by atoms with van der Waals surface area (Å²) in [5.74, 6) is 0. The highest BCUT2D eigenvalue weighted by Crippen LogP contribution is 2.28. The third-order valence-electron chi connectivity index (χ3n) is 3.83. The quantitative estimate of drug-likeness (QED) is 0.759. The Hall–Kier alpha value is -2.27. The second-order valence-electron chi connectivity index (χ2n) is 5.53. The average molecular weight is 340 g/mol. The van der Waals surface area contributed by atoms with Gasteiger partial charge < -0.3 is 10.8 Å². The van der Waals surface area contributed by atoms with Gasteiger partial charge in [0.1, 0.15) is 0 Å². The van der Waals surface area contributed by atoms with Crippen LogP contribution in [-0.4, -0.2) is 15.1 Å². The van der Waals surface area contributed by atoms with Gasteiger partial charge in [0.15, 0.2) is 0 Å². The number of aromatic nitrogens is 2. The zero-order chi connectivity index (χ0) is 17.1. The largest absolute Gasteiger partial charge is 0.390 e. The number of aliphatic hydroxyl groups is 1. The molecular weight excluding hydrogens is 322 g/mol. The summed E-state index contributed by atoms with van der Waals surface area (Å²) in [7, 11) is 0. The molecule has 1 heterocycles. The van der Waals surface area contributed by atoms with E-state index in [1.165, 1.54) is 0 Å². The molecule has 0 atom stereocenters. The van der Waals surface area contributed by atoms with E-state index < -0.39 is 0 Å². The maximum Gasteiger partial charge on any atom is 0.0945 e. The molecule has 5 heteroatoms. The molecule has 1 aromatic heterocycles. The number of halogens is 1. The van der Waals surface area contributed by atoms with Crippen molar-refractivity contribution in [2.24, 2.45) is 5.73 Å². The average Bonchev–Trinajstić information content (AvgIpc) is 2.61. The van der Waals surface area contributed by atoms with Crippen molar-refractivity contribution in [1.29, 1.82) is 0 Å². The van der Waals surface area contributed by atoms with E-state index in [1.807, 2.05) is 55.5 Å². The molecule has 0 fully saturated rings. The van der Waals surface area contributed by atoms with Crippen LogP contribution < -0.4 is 5.73 Å². The topological polar surface area (TPSA) is 72.0 Å². The number of benzene rings is 2. The van der Waals surface area contributed by atoms with Crippen LogP contribution in [0.25, 0.3) is 22.5 Å². The first kappa shape index (κ1) is 16.6. The Morgan fingerprint density at radius 2 is 1.71 bits per heavy atom. The monoisotopic (exact) mass is 339 g/mol. The van der Waals surface area contributed by atoms with Crippen LogP contribution in [0.3, 0.4) is 0 Å². The minimum atomic E-state index is -0.191. The molecule has 0 saturated carbocycles. The molecule has 3 rings (SSSR count). The normalized spacial score (nSPS) is 10.8. The molecule has 24 heavy (non-hydrogen) atoms. The number of rotatable bonds is 4. The fourth-order valence-corrected chi connectivity index (χ4v) is 2.84. The number of nitrogens with zero attached hydrogens (tertiary/aromatic N) is 2. The Bertz CT molecular complexity index is 880. The maximum absolute atomic E-state index is 9.77. The van der Waals surface area contributed by atoms with Crippen LogP contribution in [0.4, 0.5) is 0 Å². The molecule has 0 aliphatic heterocycles. The number of aliphatic hydroxyl groups excluding tert-OH is 1. The first-order valence-corrected chi connectivity index (χ1v) is 8.04. The minimum Gasteiger partial charge on any atom is -0.390 e. The number of hydrogen-bond donors (Lipinski definition) is 2. The van der Waals surface area contributed by atoms with Crippen molar-refractivity contribution in [2.45, 2.75) is 20.1 Å². The Morgan fingerprint density at radius 3 is 2.38 bits per heavy atom. The van der Waals surface area contributed by atoms with Gasteiger partial charge in [0.05, 0.1) is 29.4 Å². The number of hydrogen-bond acceptors (Lipinski definition) is 4. The fourth-order valence-electron chi connectivity index (χ4n) is 2.65.